The van der Waals surface area contributed by atoms with Gasteiger partial charge in [-0.05, 0) is 6.92 Å². The molecule has 0 aliphatic heterocycles. The van der Waals surface area contributed by atoms with Gasteiger partial charge < -0.3 is 15.5 Å². The van der Waals surface area contributed by atoms with Crippen LogP contribution in [0.5, 0.6) is 0 Å². The van der Waals surface area contributed by atoms with E-state index in [0.29, 0.717) is 0 Å². The van der Waals surface area contributed by atoms with Crippen LogP contribution in [-0.4, -0.2) is 40.8 Å². The Bertz CT molecular complexity index is 202. The van der Waals surface area contributed by atoms with Crippen LogP contribution in [-0.2, 0) is 9.59 Å². The number of nitrogens with one attached hydrogen (secondary N) is 2. The van der Waals surface area contributed by atoms with Crippen LogP contribution in [0, 0.1) is 0 Å². The van der Waals surface area contributed by atoms with Crippen LogP contribution in [0.1, 0.15) is 6.92 Å². The molecule has 6 N–H and O–H groups in total. The number of carbonyl (C=O) groups excluding carboxylic acids is 2. The molecule has 0 saturated heterocycles. The Balaban J connectivity index is 4.25. The SMILES string of the molecule is CC(CO)(CO)NC(=O)C(=O)NN. The van der Waals surface area contributed by atoms with Crippen molar-refractivity contribution in [2.24, 2.45) is 5.84 Å². The summed E-state index contributed by atoms with van der Waals surface area (Å²) in [6, 6.07) is 0. The molecule has 2 amide bonds. The van der Waals surface area contributed by atoms with Gasteiger partial charge in [0.1, 0.15) is 0 Å². The Hall–Kier alpha value is -1.18. The van der Waals surface area contributed by atoms with Gasteiger partial charge >= 0.3 is 11.8 Å². The molecule has 0 rings (SSSR count). The third-order valence-electron chi connectivity index (χ3n) is 1.45. The molecule has 0 heterocycles. The molecule has 0 fully saturated rings. The summed E-state index contributed by atoms with van der Waals surface area (Å²) in [5, 5.41) is 19.6. The molecular formula is C6H13N3O4. The van der Waals surface area contributed by atoms with Crippen molar-refractivity contribution in [1.29, 1.82) is 0 Å². The van der Waals surface area contributed by atoms with Gasteiger partial charge in [-0.3, -0.25) is 15.0 Å². The third-order valence-corrected chi connectivity index (χ3v) is 1.45. The topological polar surface area (TPSA) is 125 Å². The molecule has 0 aliphatic carbocycles. The molecule has 0 unspecified atom stereocenters. The van der Waals surface area contributed by atoms with E-state index >= 15 is 0 Å². The van der Waals surface area contributed by atoms with Crippen LogP contribution in [0.15, 0.2) is 0 Å². The zero-order chi connectivity index (χ0) is 10.5. The lowest BCUT2D eigenvalue weighted by molar-refractivity contribution is -0.141. The average molecular weight is 191 g/mol. The number of aliphatic hydroxyl groups is 2. The summed E-state index contributed by atoms with van der Waals surface area (Å²) in [6.45, 7) is 0.425. The maximum Gasteiger partial charge on any atom is 0.323 e. The molecule has 0 atom stereocenters. The fraction of sp³-hybridized carbons (Fsp3) is 0.667. The van der Waals surface area contributed by atoms with Gasteiger partial charge in [0.05, 0.1) is 18.8 Å². The highest BCUT2D eigenvalue weighted by Gasteiger charge is 2.27. The molecule has 7 heteroatoms. The quantitative estimate of drug-likeness (QED) is 0.139. The van der Waals surface area contributed by atoms with E-state index in [4.69, 9.17) is 10.2 Å². The van der Waals surface area contributed by atoms with E-state index in [0.717, 1.165) is 0 Å². The summed E-state index contributed by atoms with van der Waals surface area (Å²) < 4.78 is 0. The van der Waals surface area contributed by atoms with Crippen LogP contribution in [0.2, 0.25) is 0 Å². The van der Waals surface area contributed by atoms with Crippen LogP contribution in [0.4, 0.5) is 0 Å². The predicted molar refractivity (Wildman–Crippen MR) is 43.0 cm³/mol. The zero-order valence-electron chi connectivity index (χ0n) is 7.20. The number of aliphatic hydroxyl groups excluding tert-OH is 2. The number of hydrogen-bond acceptors (Lipinski definition) is 5. The normalized spacial score (nSPS) is 10.8. The molecule has 0 aliphatic rings. The Morgan fingerprint density at radius 3 is 2.08 bits per heavy atom. The fourth-order valence-corrected chi connectivity index (χ4v) is 0.525. The summed E-state index contributed by atoms with van der Waals surface area (Å²) in [4.78, 5) is 21.5. The molecule has 0 aromatic carbocycles. The summed E-state index contributed by atoms with van der Waals surface area (Å²) in [7, 11) is 0. The molecule has 0 saturated carbocycles. The van der Waals surface area contributed by atoms with Crippen molar-refractivity contribution in [2.45, 2.75) is 12.5 Å². The first-order chi connectivity index (χ1) is 5.99. The summed E-state index contributed by atoms with van der Waals surface area (Å²) in [5.41, 5.74) is 0.403. The van der Waals surface area contributed by atoms with E-state index in [-0.39, 0.29) is 0 Å². The highest BCUT2D eigenvalue weighted by atomic mass is 16.3. The van der Waals surface area contributed by atoms with Gasteiger partial charge in [-0.2, -0.15) is 0 Å². The second-order valence-electron chi connectivity index (χ2n) is 2.80. The Labute approximate surface area is 74.9 Å². The van der Waals surface area contributed by atoms with E-state index in [2.05, 4.69) is 11.2 Å². The molecule has 7 nitrogen and oxygen atoms in total. The highest BCUT2D eigenvalue weighted by molar-refractivity contribution is 6.35. The number of hydrogen-bond donors (Lipinski definition) is 5. The predicted octanol–water partition coefficient (Wildman–Crippen LogP) is -3.16. The minimum absolute atomic E-state index is 0.479. The number of rotatable bonds is 3. The van der Waals surface area contributed by atoms with Crippen molar-refractivity contribution in [3.8, 4) is 0 Å². The Morgan fingerprint density at radius 1 is 1.31 bits per heavy atom. The van der Waals surface area contributed by atoms with Gasteiger partial charge in [0, 0.05) is 0 Å². The first-order valence-corrected chi connectivity index (χ1v) is 3.54. The van der Waals surface area contributed by atoms with Crippen molar-refractivity contribution >= 4 is 11.8 Å². The molecule has 13 heavy (non-hydrogen) atoms. The smallest absolute Gasteiger partial charge is 0.323 e. The van der Waals surface area contributed by atoms with Gasteiger partial charge in [0.2, 0.25) is 0 Å². The second-order valence-corrected chi connectivity index (χ2v) is 2.80. The summed E-state index contributed by atoms with van der Waals surface area (Å²) >= 11 is 0. The van der Waals surface area contributed by atoms with Gasteiger partial charge in [0.15, 0.2) is 0 Å². The monoisotopic (exact) mass is 191 g/mol. The lowest BCUT2D eigenvalue weighted by Crippen LogP contribution is -2.56. The number of amides is 2. The van der Waals surface area contributed by atoms with Crippen molar-refractivity contribution in [2.75, 3.05) is 13.2 Å². The molecule has 0 aromatic heterocycles. The minimum atomic E-state index is -1.22. The number of hydrazine groups is 1. The van der Waals surface area contributed by atoms with E-state index in [9.17, 15) is 9.59 Å². The van der Waals surface area contributed by atoms with Crippen molar-refractivity contribution in [3.05, 3.63) is 0 Å². The van der Waals surface area contributed by atoms with E-state index in [1.54, 1.807) is 5.43 Å². The van der Waals surface area contributed by atoms with Crippen LogP contribution < -0.4 is 16.6 Å². The van der Waals surface area contributed by atoms with E-state index in [1.807, 2.05) is 0 Å². The molecule has 0 spiro atoms. The maximum atomic E-state index is 10.9. The zero-order valence-corrected chi connectivity index (χ0v) is 7.20. The minimum Gasteiger partial charge on any atom is -0.394 e. The van der Waals surface area contributed by atoms with E-state index < -0.39 is 30.6 Å². The molecule has 0 aromatic rings. The van der Waals surface area contributed by atoms with Crippen molar-refractivity contribution < 1.29 is 19.8 Å². The third kappa shape index (κ3) is 3.36. The lowest BCUT2D eigenvalue weighted by Gasteiger charge is -2.25. The molecule has 76 valence electrons. The van der Waals surface area contributed by atoms with Crippen molar-refractivity contribution in [3.63, 3.8) is 0 Å². The average Bonchev–Trinajstić information content (AvgIpc) is 2.16. The van der Waals surface area contributed by atoms with Gasteiger partial charge in [-0.15, -0.1) is 0 Å². The van der Waals surface area contributed by atoms with Gasteiger partial charge in [-0.1, -0.05) is 0 Å². The second kappa shape index (κ2) is 4.75. The van der Waals surface area contributed by atoms with Gasteiger partial charge in [-0.25, -0.2) is 5.84 Å². The largest absolute Gasteiger partial charge is 0.394 e. The first-order valence-electron chi connectivity index (χ1n) is 3.54. The van der Waals surface area contributed by atoms with Gasteiger partial charge in [0.25, 0.3) is 0 Å². The van der Waals surface area contributed by atoms with Crippen LogP contribution in [0.3, 0.4) is 0 Å². The molecule has 0 radical (unpaired) electrons. The van der Waals surface area contributed by atoms with Crippen LogP contribution in [0.25, 0.3) is 0 Å². The summed E-state index contributed by atoms with van der Waals surface area (Å²) in [6.07, 6.45) is 0. The number of nitrogens with two attached hydrogens (primary N) is 1. The number of carbonyl (C=O) groups is 2. The maximum absolute atomic E-state index is 10.9. The fourth-order valence-electron chi connectivity index (χ4n) is 0.525. The van der Waals surface area contributed by atoms with Crippen LogP contribution >= 0.6 is 0 Å². The first kappa shape index (κ1) is 11.8. The lowest BCUT2D eigenvalue weighted by atomic mass is 10.1. The van der Waals surface area contributed by atoms with E-state index in [1.165, 1.54) is 6.92 Å². The molecule has 0 bridgehead atoms. The molecular weight excluding hydrogens is 178 g/mol. The highest BCUT2D eigenvalue weighted by Crippen LogP contribution is 1.99. The summed E-state index contributed by atoms with van der Waals surface area (Å²) in [5.74, 6) is 2.65. The standard InChI is InChI=1S/C6H13N3O4/c1-6(2-10,3-11)8-4(12)5(13)9-7/h10-11H,2-3,7H2,1H3,(H,8,12)(H,9,13). The Kier molecular flexibility index (Phi) is 4.32. The Morgan fingerprint density at radius 2 is 1.77 bits per heavy atom. The van der Waals surface area contributed by atoms with Crippen molar-refractivity contribution in [1.82, 2.24) is 10.7 Å².